The molecule has 24 heavy (non-hydrogen) atoms. The lowest BCUT2D eigenvalue weighted by molar-refractivity contribution is 0.221. The Morgan fingerprint density at radius 3 is 2.25 bits per heavy atom. The summed E-state index contributed by atoms with van der Waals surface area (Å²) in [7, 11) is 3.38. The molecule has 3 nitrogen and oxygen atoms in total. The van der Waals surface area contributed by atoms with Gasteiger partial charge in [0.25, 0.3) is 0 Å². The number of benzene rings is 2. The third-order valence-electron chi connectivity index (χ3n) is 4.74. The second-order valence-corrected chi connectivity index (χ2v) is 6.58. The van der Waals surface area contributed by atoms with Gasteiger partial charge in [-0.25, -0.2) is 0 Å². The Labute approximate surface area is 145 Å². The number of nitrogens with zero attached hydrogens (tertiary/aromatic N) is 1. The predicted molar refractivity (Wildman–Crippen MR) is 98.8 cm³/mol. The van der Waals surface area contributed by atoms with Crippen LogP contribution in [0.3, 0.4) is 0 Å². The van der Waals surface area contributed by atoms with Gasteiger partial charge >= 0.3 is 0 Å². The first kappa shape index (κ1) is 16.8. The molecule has 128 valence electrons. The fourth-order valence-corrected chi connectivity index (χ4v) is 3.48. The largest absolute Gasteiger partial charge is 0.493 e. The summed E-state index contributed by atoms with van der Waals surface area (Å²) in [6, 6.07) is 13.0. The van der Waals surface area contributed by atoms with Gasteiger partial charge in [-0.1, -0.05) is 30.7 Å². The van der Waals surface area contributed by atoms with Gasteiger partial charge < -0.3 is 9.47 Å². The molecule has 0 aromatic heterocycles. The molecular formula is C21H27NO2. The van der Waals surface area contributed by atoms with E-state index in [9.17, 15) is 0 Å². The maximum absolute atomic E-state index is 5.60. The quantitative estimate of drug-likeness (QED) is 0.797. The maximum Gasteiger partial charge on any atom is 0.168 e. The van der Waals surface area contributed by atoms with Crippen LogP contribution in [-0.2, 0) is 6.54 Å². The van der Waals surface area contributed by atoms with Crippen molar-refractivity contribution in [2.24, 2.45) is 0 Å². The van der Waals surface area contributed by atoms with Gasteiger partial charge in [-0.15, -0.1) is 0 Å². The molecule has 0 bridgehead atoms. The van der Waals surface area contributed by atoms with Crippen molar-refractivity contribution < 1.29 is 9.47 Å². The minimum Gasteiger partial charge on any atom is -0.493 e. The van der Waals surface area contributed by atoms with E-state index in [0.29, 0.717) is 0 Å². The van der Waals surface area contributed by atoms with Gasteiger partial charge in [-0.2, -0.15) is 0 Å². The zero-order valence-corrected chi connectivity index (χ0v) is 15.0. The second kappa shape index (κ2) is 7.71. The number of aryl methyl sites for hydroxylation is 1. The number of likely N-dealkylation sites (tertiary alicyclic amines) is 1. The minimum atomic E-state index is 0.782. The van der Waals surface area contributed by atoms with Crippen molar-refractivity contribution in [3.8, 4) is 22.6 Å². The van der Waals surface area contributed by atoms with Crippen LogP contribution in [0.5, 0.6) is 11.5 Å². The van der Waals surface area contributed by atoms with E-state index in [1.807, 2.05) is 6.07 Å². The zero-order chi connectivity index (χ0) is 16.9. The monoisotopic (exact) mass is 325 g/mol. The molecule has 0 amide bonds. The van der Waals surface area contributed by atoms with Crippen LogP contribution in [-0.4, -0.2) is 32.2 Å². The average molecular weight is 325 g/mol. The van der Waals surface area contributed by atoms with Crippen molar-refractivity contribution in [3.05, 3.63) is 47.5 Å². The van der Waals surface area contributed by atoms with E-state index in [4.69, 9.17) is 9.47 Å². The van der Waals surface area contributed by atoms with Crippen LogP contribution in [0, 0.1) is 6.92 Å². The van der Waals surface area contributed by atoms with Crippen LogP contribution in [0.25, 0.3) is 11.1 Å². The topological polar surface area (TPSA) is 21.7 Å². The van der Waals surface area contributed by atoms with Crippen LogP contribution < -0.4 is 9.47 Å². The molecule has 0 radical (unpaired) electrons. The third kappa shape index (κ3) is 3.73. The number of methoxy groups -OCH3 is 2. The maximum atomic E-state index is 5.60. The van der Waals surface area contributed by atoms with E-state index in [1.54, 1.807) is 14.2 Å². The van der Waals surface area contributed by atoms with Crippen LogP contribution in [0.4, 0.5) is 0 Å². The van der Waals surface area contributed by atoms with E-state index in [1.165, 1.54) is 43.5 Å². The number of rotatable bonds is 5. The van der Waals surface area contributed by atoms with Crippen LogP contribution in [0.1, 0.15) is 30.4 Å². The second-order valence-electron chi connectivity index (χ2n) is 6.58. The normalized spacial score (nSPS) is 15.3. The highest BCUT2D eigenvalue weighted by Crippen LogP contribution is 2.39. The van der Waals surface area contributed by atoms with Gasteiger partial charge in [-0.3, -0.25) is 4.90 Å². The van der Waals surface area contributed by atoms with E-state index >= 15 is 0 Å². The first-order chi connectivity index (χ1) is 11.7. The highest BCUT2D eigenvalue weighted by Gasteiger charge is 2.14. The average Bonchev–Trinajstić information content (AvgIpc) is 2.62. The van der Waals surface area contributed by atoms with Gasteiger partial charge in [0.15, 0.2) is 11.5 Å². The van der Waals surface area contributed by atoms with E-state index in [0.717, 1.165) is 29.2 Å². The fraction of sp³-hybridized carbons (Fsp3) is 0.429. The molecule has 3 rings (SSSR count). The summed E-state index contributed by atoms with van der Waals surface area (Å²) in [5, 5.41) is 0. The molecule has 0 unspecified atom stereocenters. The van der Waals surface area contributed by atoms with E-state index < -0.39 is 0 Å². The first-order valence-corrected chi connectivity index (χ1v) is 8.75. The summed E-state index contributed by atoms with van der Waals surface area (Å²) >= 11 is 0. The SMILES string of the molecule is COc1cc(C)cc(-c2ccc(CN3CCCCC3)cc2)c1OC. The molecule has 1 fully saturated rings. The Morgan fingerprint density at radius 1 is 0.917 bits per heavy atom. The van der Waals surface area contributed by atoms with Crippen LogP contribution in [0.2, 0.25) is 0 Å². The summed E-state index contributed by atoms with van der Waals surface area (Å²) in [5.74, 6) is 1.58. The minimum absolute atomic E-state index is 0.782. The fourth-order valence-electron chi connectivity index (χ4n) is 3.48. The highest BCUT2D eigenvalue weighted by molar-refractivity contribution is 5.75. The van der Waals surface area contributed by atoms with Crippen LogP contribution in [0.15, 0.2) is 36.4 Å². The predicted octanol–water partition coefficient (Wildman–Crippen LogP) is 4.67. The molecule has 1 aliphatic rings. The van der Waals surface area contributed by atoms with Crippen molar-refractivity contribution in [1.29, 1.82) is 0 Å². The van der Waals surface area contributed by atoms with Gasteiger partial charge in [0.1, 0.15) is 0 Å². The van der Waals surface area contributed by atoms with Gasteiger partial charge in [-0.05, 0) is 61.7 Å². The number of hydrogen-bond acceptors (Lipinski definition) is 3. The molecule has 1 saturated heterocycles. The summed E-state index contributed by atoms with van der Waals surface area (Å²) in [5.41, 5.74) is 4.79. The Bertz CT molecular complexity index is 673. The third-order valence-corrected chi connectivity index (χ3v) is 4.74. The zero-order valence-electron chi connectivity index (χ0n) is 15.0. The molecule has 1 aliphatic heterocycles. The van der Waals surface area contributed by atoms with E-state index in [-0.39, 0.29) is 0 Å². The van der Waals surface area contributed by atoms with Gasteiger partial charge in [0.2, 0.25) is 0 Å². The lowest BCUT2D eigenvalue weighted by atomic mass is 10.00. The molecular weight excluding hydrogens is 298 g/mol. The summed E-state index contributed by atoms with van der Waals surface area (Å²) < 4.78 is 11.1. The van der Waals surface area contributed by atoms with Crippen molar-refractivity contribution in [2.45, 2.75) is 32.7 Å². The Kier molecular flexibility index (Phi) is 5.41. The number of ether oxygens (including phenoxy) is 2. The molecule has 0 aliphatic carbocycles. The Balaban J connectivity index is 1.84. The number of hydrogen-bond donors (Lipinski definition) is 0. The van der Waals surface area contributed by atoms with Crippen LogP contribution >= 0.6 is 0 Å². The first-order valence-electron chi connectivity index (χ1n) is 8.75. The lowest BCUT2D eigenvalue weighted by Crippen LogP contribution is -2.28. The molecule has 3 heteroatoms. The molecule has 0 N–H and O–H groups in total. The van der Waals surface area contributed by atoms with Crippen molar-refractivity contribution in [2.75, 3.05) is 27.3 Å². The standard InChI is InChI=1S/C21H27NO2/c1-16-13-19(21(24-3)20(14-16)23-2)18-9-7-17(8-10-18)15-22-11-5-4-6-12-22/h7-10,13-14H,4-6,11-12,15H2,1-3H3. The summed E-state index contributed by atoms with van der Waals surface area (Å²) in [6.45, 7) is 5.58. The van der Waals surface area contributed by atoms with Crippen molar-refractivity contribution >= 4 is 0 Å². The van der Waals surface area contributed by atoms with Crippen molar-refractivity contribution in [3.63, 3.8) is 0 Å². The number of piperidine rings is 1. The van der Waals surface area contributed by atoms with Crippen molar-refractivity contribution in [1.82, 2.24) is 4.90 Å². The van der Waals surface area contributed by atoms with Gasteiger partial charge in [0.05, 0.1) is 14.2 Å². The highest BCUT2D eigenvalue weighted by atomic mass is 16.5. The summed E-state index contributed by atoms with van der Waals surface area (Å²) in [4.78, 5) is 2.55. The van der Waals surface area contributed by atoms with Gasteiger partial charge in [0, 0.05) is 12.1 Å². The summed E-state index contributed by atoms with van der Waals surface area (Å²) in [6.07, 6.45) is 4.04. The Morgan fingerprint density at radius 2 is 1.62 bits per heavy atom. The molecule has 0 atom stereocenters. The smallest absolute Gasteiger partial charge is 0.168 e. The molecule has 1 heterocycles. The molecule has 2 aromatic rings. The molecule has 0 spiro atoms. The Hall–Kier alpha value is -2.00. The van der Waals surface area contributed by atoms with E-state index in [2.05, 4.69) is 42.2 Å². The molecule has 0 saturated carbocycles. The lowest BCUT2D eigenvalue weighted by Gasteiger charge is -2.26. The molecule has 2 aromatic carbocycles.